The maximum atomic E-state index is 13.6. The molecule has 3 rings (SSSR count). The van der Waals surface area contributed by atoms with Gasteiger partial charge in [-0.2, -0.15) is 8.70 Å². The van der Waals surface area contributed by atoms with Gasteiger partial charge in [-0.3, -0.25) is 14.7 Å². The van der Waals surface area contributed by atoms with Crippen LogP contribution in [0.2, 0.25) is 0 Å². The second-order valence-corrected chi connectivity index (χ2v) is 10.9. The number of unbranched alkanes of at least 4 members (excludes halogenated alkanes) is 1. The quantitative estimate of drug-likeness (QED) is 0.123. The molecule has 0 saturated heterocycles. The number of aromatic nitrogens is 4. The van der Waals surface area contributed by atoms with Crippen LogP contribution in [0, 0.1) is 11.9 Å². The fourth-order valence-electron chi connectivity index (χ4n) is 3.96. The summed E-state index contributed by atoms with van der Waals surface area (Å²) in [6, 6.07) is 7.77. The first-order chi connectivity index (χ1) is 18.7. The molecule has 0 bridgehead atoms. The third-order valence-electron chi connectivity index (χ3n) is 5.93. The minimum absolute atomic E-state index is 0.0210. The molecule has 2 N–H and O–H groups in total. The third-order valence-corrected chi connectivity index (χ3v) is 7.83. The van der Waals surface area contributed by atoms with Crippen molar-refractivity contribution < 1.29 is 32.3 Å². The van der Waals surface area contributed by atoms with E-state index in [2.05, 4.69) is 15.3 Å². The number of nitrogens with zero attached hydrogens (tertiary/aromatic N) is 5. The highest BCUT2D eigenvalue weighted by Crippen LogP contribution is 2.24. The van der Waals surface area contributed by atoms with Gasteiger partial charge >= 0.3 is 0 Å². The molecule has 0 unspecified atom stereocenters. The number of pyridine rings is 1. The molecule has 212 valence electrons. The van der Waals surface area contributed by atoms with Crippen LogP contribution in [0.1, 0.15) is 32.4 Å². The van der Waals surface area contributed by atoms with E-state index < -0.39 is 33.8 Å². The summed E-state index contributed by atoms with van der Waals surface area (Å²) in [5.41, 5.74) is 2.28. The van der Waals surface area contributed by atoms with Crippen molar-refractivity contribution in [3.05, 3.63) is 60.4 Å². The van der Waals surface area contributed by atoms with Gasteiger partial charge in [0.05, 0.1) is 30.9 Å². The van der Waals surface area contributed by atoms with Crippen molar-refractivity contribution in [1.29, 1.82) is 0 Å². The van der Waals surface area contributed by atoms with Gasteiger partial charge in [-0.15, -0.1) is 5.10 Å². The Hall–Kier alpha value is -3.62. The number of hydrogen-bond acceptors (Lipinski definition) is 9. The number of halogens is 1. The molecule has 0 aliphatic carbocycles. The fourth-order valence-corrected chi connectivity index (χ4v) is 5.67. The Balaban J connectivity index is 1.65. The Labute approximate surface area is 226 Å². The van der Waals surface area contributed by atoms with Crippen LogP contribution in [0.25, 0.3) is 0 Å². The molecule has 1 aromatic carbocycles. The van der Waals surface area contributed by atoms with Crippen LogP contribution in [-0.4, -0.2) is 70.1 Å². The first-order valence-corrected chi connectivity index (χ1v) is 13.8. The van der Waals surface area contributed by atoms with Crippen molar-refractivity contribution in [2.45, 2.75) is 50.6 Å². The maximum absolute atomic E-state index is 13.6. The largest absolute Gasteiger partial charge is 0.497 e. The molecule has 1 amide bonds. The Morgan fingerprint density at radius 3 is 2.59 bits per heavy atom. The van der Waals surface area contributed by atoms with Gasteiger partial charge in [0.15, 0.2) is 5.75 Å². The van der Waals surface area contributed by atoms with E-state index in [1.807, 2.05) is 0 Å². The number of amides is 1. The lowest BCUT2D eigenvalue weighted by Crippen LogP contribution is -2.52. The Bertz CT molecular complexity index is 1320. The van der Waals surface area contributed by atoms with E-state index in [1.165, 1.54) is 48.3 Å². The summed E-state index contributed by atoms with van der Waals surface area (Å²) in [5, 5.41) is 17.5. The average Bonchev–Trinajstić information content (AvgIpc) is 3.38. The minimum atomic E-state index is -4.14. The monoisotopic (exact) mass is 564 g/mol. The summed E-state index contributed by atoms with van der Waals surface area (Å²) < 4.78 is 53.8. The second-order valence-electron chi connectivity index (χ2n) is 9.03. The van der Waals surface area contributed by atoms with Gasteiger partial charge in [0.2, 0.25) is 10.0 Å². The summed E-state index contributed by atoms with van der Waals surface area (Å²) in [5.74, 6) is -1.35. The molecule has 2 aromatic heterocycles. The molecule has 2 heterocycles. The number of aryl methyl sites for hydroxylation is 1. The molecular formula is C25H33FN6O6S. The molecule has 0 aliphatic rings. The molecule has 0 fully saturated rings. The fraction of sp³-hybridized carbons (Fsp3) is 0.440. The number of sulfonamides is 1. The van der Waals surface area contributed by atoms with E-state index in [-0.39, 0.29) is 23.7 Å². The number of hydroxylamine groups is 1. The number of hydrogen-bond donors (Lipinski definition) is 2. The number of rotatable bonds is 15. The van der Waals surface area contributed by atoms with Crippen molar-refractivity contribution in [3.63, 3.8) is 0 Å². The van der Waals surface area contributed by atoms with Crippen molar-refractivity contribution in [1.82, 2.24) is 29.8 Å². The summed E-state index contributed by atoms with van der Waals surface area (Å²) in [4.78, 5) is 16.0. The van der Waals surface area contributed by atoms with Crippen LogP contribution < -0.4 is 15.0 Å². The Morgan fingerprint density at radius 1 is 1.21 bits per heavy atom. The molecule has 0 saturated carbocycles. The highest BCUT2D eigenvalue weighted by atomic mass is 32.2. The van der Waals surface area contributed by atoms with Crippen molar-refractivity contribution in [2.24, 2.45) is 5.92 Å². The number of nitrogens with one attached hydrogen (secondary N) is 1. The lowest BCUT2D eigenvalue weighted by molar-refractivity contribution is -0.134. The third kappa shape index (κ3) is 7.94. The van der Waals surface area contributed by atoms with E-state index in [0.29, 0.717) is 37.3 Å². The number of ether oxygens (including phenoxy) is 2. The van der Waals surface area contributed by atoms with Crippen molar-refractivity contribution >= 4 is 15.9 Å². The average molecular weight is 565 g/mol. The Kier molecular flexibility index (Phi) is 10.7. The highest BCUT2D eigenvalue weighted by Gasteiger charge is 2.37. The van der Waals surface area contributed by atoms with Crippen LogP contribution in [0.5, 0.6) is 11.5 Å². The molecule has 12 nitrogen and oxygen atoms in total. The molecule has 0 radical (unpaired) electrons. The first-order valence-electron chi connectivity index (χ1n) is 12.4. The molecule has 0 spiro atoms. The van der Waals surface area contributed by atoms with E-state index in [1.54, 1.807) is 31.6 Å². The maximum Gasteiger partial charge on any atom is 0.262 e. The van der Waals surface area contributed by atoms with E-state index in [4.69, 9.17) is 9.47 Å². The van der Waals surface area contributed by atoms with Gasteiger partial charge in [-0.1, -0.05) is 19.1 Å². The molecule has 3 aromatic rings. The summed E-state index contributed by atoms with van der Waals surface area (Å²) in [6.45, 7) is 3.72. The standard InChI is InChI=1S/C25H33FN6O6S/c1-18(2)23(25(33)29-34)32(39(35,36)21-11-9-20(37-3)10-12-21)15-14-31-17-19(28-30-31)7-4-5-16-38-22-8-6-13-27-24(22)26/h6,8-13,17-18,23,34H,4-5,7,14-16H2,1-3H3,(H,29,33)/t23-/m1/s1. The molecule has 1 atom stereocenters. The first kappa shape index (κ1) is 29.9. The zero-order chi connectivity index (χ0) is 28.4. The molecular weight excluding hydrogens is 531 g/mol. The minimum Gasteiger partial charge on any atom is -0.497 e. The second kappa shape index (κ2) is 14.0. The topological polar surface area (TPSA) is 149 Å². The van der Waals surface area contributed by atoms with Crippen LogP contribution in [0.15, 0.2) is 53.7 Å². The number of benzene rings is 1. The van der Waals surface area contributed by atoms with E-state index in [0.717, 1.165) is 4.31 Å². The molecule has 14 heteroatoms. The zero-order valence-electron chi connectivity index (χ0n) is 22.0. The normalized spacial score (nSPS) is 12.5. The van der Waals surface area contributed by atoms with Gasteiger partial charge in [-0.05, 0) is 61.6 Å². The van der Waals surface area contributed by atoms with Crippen molar-refractivity contribution in [3.8, 4) is 11.5 Å². The molecule has 39 heavy (non-hydrogen) atoms. The summed E-state index contributed by atoms with van der Waals surface area (Å²) in [7, 11) is -2.66. The van der Waals surface area contributed by atoms with Crippen LogP contribution >= 0.6 is 0 Å². The SMILES string of the molecule is COc1ccc(S(=O)(=O)N(CCn2cc(CCCCOc3cccnc3F)nn2)[C@@H](C(=O)NO)C(C)C)cc1. The number of methoxy groups -OCH3 is 1. The number of carbonyl (C=O) groups excluding carboxylic acids is 1. The van der Waals surface area contributed by atoms with Gasteiger partial charge < -0.3 is 9.47 Å². The smallest absolute Gasteiger partial charge is 0.262 e. The highest BCUT2D eigenvalue weighted by molar-refractivity contribution is 7.89. The summed E-state index contributed by atoms with van der Waals surface area (Å²) in [6.07, 6.45) is 5.01. The summed E-state index contributed by atoms with van der Waals surface area (Å²) >= 11 is 0. The predicted octanol–water partition coefficient (Wildman–Crippen LogP) is 2.44. The van der Waals surface area contributed by atoms with Gasteiger partial charge in [-0.25, -0.2) is 18.9 Å². The van der Waals surface area contributed by atoms with Crippen LogP contribution in [0.4, 0.5) is 4.39 Å². The van der Waals surface area contributed by atoms with E-state index >= 15 is 0 Å². The van der Waals surface area contributed by atoms with Crippen molar-refractivity contribution in [2.75, 3.05) is 20.3 Å². The lowest BCUT2D eigenvalue weighted by atomic mass is 10.0. The lowest BCUT2D eigenvalue weighted by Gasteiger charge is -2.31. The predicted molar refractivity (Wildman–Crippen MR) is 138 cm³/mol. The van der Waals surface area contributed by atoms with Gasteiger partial charge in [0.1, 0.15) is 11.8 Å². The van der Waals surface area contributed by atoms with Gasteiger partial charge in [0.25, 0.3) is 11.9 Å². The zero-order valence-corrected chi connectivity index (χ0v) is 22.8. The van der Waals surface area contributed by atoms with Crippen LogP contribution in [-0.2, 0) is 27.8 Å². The van der Waals surface area contributed by atoms with E-state index in [9.17, 15) is 22.8 Å². The Morgan fingerprint density at radius 2 is 1.95 bits per heavy atom. The van der Waals surface area contributed by atoms with Gasteiger partial charge in [0, 0.05) is 18.9 Å². The molecule has 0 aliphatic heterocycles. The van der Waals surface area contributed by atoms with Crippen LogP contribution in [0.3, 0.4) is 0 Å². The number of carbonyl (C=O) groups is 1.